The third kappa shape index (κ3) is 20.8. The molecule has 126 heavy (non-hydrogen) atoms. The van der Waals surface area contributed by atoms with Crippen molar-refractivity contribution >= 4 is 57.8 Å². The maximum absolute atomic E-state index is 12.9. The molecule has 24 aliphatic heterocycles. The Morgan fingerprint density at radius 1 is 0.302 bits per heavy atom. The number of carbonyl (C=O) groups is 8. The first kappa shape index (κ1) is 95.1. The van der Waals surface area contributed by atoms with Crippen molar-refractivity contribution in [2.24, 2.45) is 17.8 Å². The predicted octanol–water partition coefficient (Wildman–Crippen LogP) is 2.77. The highest BCUT2D eigenvalue weighted by Crippen LogP contribution is 2.42. The number of ether oxygens (including phenoxy) is 3. The molecule has 24 rings (SSSR count). The highest BCUT2D eigenvalue weighted by Gasteiger charge is 2.56. The van der Waals surface area contributed by atoms with E-state index in [1.807, 2.05) is 19.6 Å². The second-order valence-electron chi connectivity index (χ2n) is 42.4. The summed E-state index contributed by atoms with van der Waals surface area (Å²) in [5, 5.41) is 0. The quantitative estimate of drug-likeness (QED) is 0.272. The molecule has 24 aliphatic rings. The van der Waals surface area contributed by atoms with E-state index in [9.17, 15) is 46.8 Å². The number of sulfonamides is 1. The van der Waals surface area contributed by atoms with E-state index in [0.29, 0.717) is 191 Å². The van der Waals surface area contributed by atoms with Gasteiger partial charge in [-0.25, -0.2) is 27.6 Å². The molecular weight excluding hydrogens is 1630 g/mol. The molecule has 12 bridgehead atoms. The molecule has 0 aliphatic carbocycles. The van der Waals surface area contributed by atoms with Gasteiger partial charge in [0.25, 0.3) is 0 Å². The lowest BCUT2D eigenvalue weighted by Crippen LogP contribution is -2.73. The number of piperazine rings is 9. The Balaban J connectivity index is 0.000000117. The highest BCUT2D eigenvalue weighted by atomic mass is 32.2. The van der Waals surface area contributed by atoms with Crippen LogP contribution >= 0.6 is 0 Å². The van der Waals surface area contributed by atoms with E-state index in [1.54, 1.807) is 11.8 Å². The van der Waals surface area contributed by atoms with E-state index in [1.165, 1.54) is 43.4 Å². The summed E-state index contributed by atoms with van der Waals surface area (Å²) in [5.41, 5.74) is 0. The summed E-state index contributed by atoms with van der Waals surface area (Å²) in [5.74, 6) is 2.06. The van der Waals surface area contributed by atoms with E-state index in [2.05, 4.69) is 164 Å². The summed E-state index contributed by atoms with van der Waals surface area (Å²) in [6.45, 7) is 57.8. The van der Waals surface area contributed by atoms with Gasteiger partial charge in [-0.05, 0) is 167 Å². The van der Waals surface area contributed by atoms with Gasteiger partial charge in [0, 0.05) is 311 Å². The fourth-order valence-electron chi connectivity index (χ4n) is 23.9. The van der Waals surface area contributed by atoms with Crippen LogP contribution in [0.5, 0.6) is 0 Å². The molecule has 35 heteroatoms. The molecule has 0 saturated carbocycles. The lowest BCUT2D eigenvalue weighted by molar-refractivity contribution is -0.164. The minimum atomic E-state index is -3.14. The fourth-order valence-corrected chi connectivity index (χ4v) is 24.7. The van der Waals surface area contributed by atoms with Gasteiger partial charge in [-0.15, -0.1) is 0 Å². The zero-order chi connectivity index (χ0) is 89.8. The van der Waals surface area contributed by atoms with Gasteiger partial charge in [-0.2, -0.15) is 4.31 Å². The standard InChI is InChI=1S/C17H29N3O2.C16H28N4O2.C16H27N3O2.C15H26N4O3.C14H26N4O3S.C13H23N3O/c1-12(2)19-8-14-7-15(9-19)20(14)17(21)13-3-5-18(6-4-13)16-10-22-11-16;1-12(2)19-8-13-7-14(9-19)20(13)16(21)18-5-3-17(4-6-18)15-10-22-11-15;1-11(2)18-9-14-8-15(10-18)19(14)16(21)13-4-6-17(7-5-13)12(3)20;1-11(2)18-9-12-8-13(10-18)19(12)14(20)16-4-6-17(7-5-16)15(21)22-3;1-11(2)16-9-12-8-13(10-16)18(12)14(19)15-4-6-17(7-5-15)22(3,20)21;1-9(2)15-7-11-4-12(8-15)16(11)13(17)10-5-14(3)6-10/h12-16H,3-11H2,1-2H3;12-15H,3-11H2,1-2H3;11,13-15H,4-10H2,1-3H3;2*11-13H,4-10H2,1-3H3;9-12H,4-8H2,1-3H3. The molecule has 12 unspecified atom stereocenters. The first-order chi connectivity index (χ1) is 60.1. The smallest absolute Gasteiger partial charge is 0.409 e. The normalized spacial score (nSPS) is 32.0. The second-order valence-corrected chi connectivity index (χ2v) is 44.3. The molecule has 24 heterocycles. The molecular formula is C91H159N21O13S. The molecule has 24 fully saturated rings. The number of rotatable bonds is 12. The van der Waals surface area contributed by atoms with Crippen LogP contribution in [0.2, 0.25) is 0 Å². The van der Waals surface area contributed by atoms with Gasteiger partial charge in [0.05, 0.1) is 57.8 Å². The molecule has 0 radical (unpaired) electrons. The van der Waals surface area contributed by atoms with Crippen LogP contribution in [0.1, 0.15) is 154 Å². The molecule has 0 spiro atoms. The average Bonchev–Trinajstić information content (AvgIpc) is 0.768. The second kappa shape index (κ2) is 40.5. The summed E-state index contributed by atoms with van der Waals surface area (Å²) in [4.78, 5) is 143. The maximum atomic E-state index is 12.9. The van der Waals surface area contributed by atoms with E-state index in [-0.39, 0.29) is 47.8 Å². The largest absolute Gasteiger partial charge is 0.453 e. The monoisotopic (exact) mass is 1790 g/mol. The third-order valence-electron chi connectivity index (χ3n) is 32.5. The van der Waals surface area contributed by atoms with Crippen LogP contribution in [-0.4, -0.2) is 523 Å². The fraction of sp³-hybridized carbons (Fsp3) is 0.912. The minimum Gasteiger partial charge on any atom is -0.453 e. The maximum Gasteiger partial charge on any atom is 0.409 e. The van der Waals surface area contributed by atoms with Gasteiger partial charge in [0.15, 0.2) is 0 Å². The number of fused-ring (bicyclic) bond motifs is 12. The molecule has 0 N–H and O–H groups in total. The first-order valence-electron chi connectivity index (χ1n) is 49.1. The van der Waals surface area contributed by atoms with E-state index < -0.39 is 10.0 Å². The Morgan fingerprint density at radius 3 is 0.794 bits per heavy atom. The van der Waals surface area contributed by atoms with Gasteiger partial charge in [-0.3, -0.25) is 58.4 Å². The van der Waals surface area contributed by atoms with Gasteiger partial charge >= 0.3 is 24.2 Å². The molecule has 24 saturated heterocycles. The summed E-state index contributed by atoms with van der Waals surface area (Å²) >= 11 is 0. The lowest BCUT2D eigenvalue weighted by atomic mass is 9.83. The van der Waals surface area contributed by atoms with Crippen molar-refractivity contribution < 1.29 is 61.0 Å². The van der Waals surface area contributed by atoms with Gasteiger partial charge in [0.2, 0.25) is 33.7 Å². The van der Waals surface area contributed by atoms with Gasteiger partial charge in [0.1, 0.15) is 0 Å². The number of piperidine rings is 8. The Morgan fingerprint density at radius 2 is 0.548 bits per heavy atom. The Kier molecular flexibility index (Phi) is 30.5. The Bertz CT molecular complexity index is 3700. The molecule has 0 aromatic heterocycles. The van der Waals surface area contributed by atoms with Crippen LogP contribution in [-0.2, 0) is 43.4 Å². The topological polar surface area (TPSA) is 266 Å². The van der Waals surface area contributed by atoms with E-state index in [0.717, 1.165) is 209 Å². The molecule has 0 aromatic rings. The lowest BCUT2D eigenvalue weighted by Gasteiger charge is -2.58. The number of likely N-dealkylation sites (tertiary alicyclic amines) is 7. The average molecular weight is 1790 g/mol. The third-order valence-corrected chi connectivity index (χ3v) is 33.8. The SMILES string of the molecule is CC(=O)N1CCC(C(=O)N2C3CC2CN(C(C)C)C3)CC1.CC(C)N1CC2CC(C1)N2C(=O)C1CCN(C2COC2)CC1.CC(C)N1CC2CC(C1)N2C(=O)C1CN(C)C1.CC(C)N1CC2CC(C1)N2C(=O)N1CCN(C2COC2)CC1.CC(C)N1CC2CC(C1)N2C(=O)N1CCN(S(C)(=O)=O)CC1.COC(=O)N1CCN(C(=O)N2C3CC2CN(C(C)C)C3)CC1. The Labute approximate surface area is 753 Å². The van der Waals surface area contributed by atoms with E-state index >= 15 is 0 Å². The first-order valence-corrected chi connectivity index (χ1v) is 50.9. The number of carbonyl (C=O) groups excluding carboxylic acids is 8. The summed E-state index contributed by atoms with van der Waals surface area (Å²) in [7, 11) is 0.331. The van der Waals surface area contributed by atoms with Crippen molar-refractivity contribution in [3.05, 3.63) is 0 Å². The number of nitrogens with zero attached hydrogens (tertiary/aromatic N) is 21. The number of amides is 11. The highest BCUT2D eigenvalue weighted by molar-refractivity contribution is 7.88. The summed E-state index contributed by atoms with van der Waals surface area (Å²) in [6, 6.07) is 10.4. The van der Waals surface area contributed by atoms with Crippen molar-refractivity contribution in [2.75, 3.05) is 243 Å². The van der Waals surface area contributed by atoms with Crippen molar-refractivity contribution in [1.29, 1.82) is 0 Å². The van der Waals surface area contributed by atoms with Crippen LogP contribution in [0.3, 0.4) is 0 Å². The van der Waals surface area contributed by atoms with Crippen molar-refractivity contribution in [3.63, 3.8) is 0 Å². The molecule has 0 aromatic carbocycles. The molecule has 34 nitrogen and oxygen atoms in total. The molecule has 11 amide bonds. The van der Waals surface area contributed by atoms with Crippen LogP contribution in [0, 0.1) is 17.8 Å². The van der Waals surface area contributed by atoms with Crippen LogP contribution in [0.4, 0.5) is 19.2 Å². The van der Waals surface area contributed by atoms with Crippen LogP contribution < -0.4 is 0 Å². The van der Waals surface area contributed by atoms with Crippen molar-refractivity contribution in [1.82, 2.24) is 102 Å². The zero-order valence-corrected chi connectivity index (χ0v) is 80.3. The Hall–Kier alpha value is -5.57. The van der Waals surface area contributed by atoms with Gasteiger partial charge in [-0.1, -0.05) is 0 Å². The zero-order valence-electron chi connectivity index (χ0n) is 79.5. The summed E-state index contributed by atoms with van der Waals surface area (Å²) in [6.07, 6.45) is 11.8. The van der Waals surface area contributed by atoms with Crippen LogP contribution in [0.15, 0.2) is 0 Å². The number of hydrogen-bond acceptors (Lipinski definition) is 22. The van der Waals surface area contributed by atoms with Gasteiger partial charge < -0.3 is 73.0 Å². The van der Waals surface area contributed by atoms with Crippen molar-refractivity contribution in [3.8, 4) is 0 Å². The van der Waals surface area contributed by atoms with Crippen LogP contribution in [0.25, 0.3) is 0 Å². The molecule has 712 valence electrons. The van der Waals surface area contributed by atoms with E-state index in [4.69, 9.17) is 14.2 Å². The summed E-state index contributed by atoms with van der Waals surface area (Å²) < 4.78 is 39.8. The van der Waals surface area contributed by atoms with Crippen molar-refractivity contribution in [2.45, 2.75) is 275 Å². The number of hydrogen-bond donors (Lipinski definition) is 0. The number of methoxy groups -OCH3 is 1. The number of urea groups is 3. The predicted molar refractivity (Wildman–Crippen MR) is 482 cm³/mol. The minimum absolute atomic E-state index is 0.0952. The molecule has 12 atom stereocenters.